The molecular formula is C13H17ClO. The summed E-state index contributed by atoms with van der Waals surface area (Å²) in [5, 5.41) is 10.1. The van der Waals surface area contributed by atoms with Crippen LogP contribution in [0.3, 0.4) is 0 Å². The van der Waals surface area contributed by atoms with E-state index in [-0.39, 0.29) is 6.61 Å². The van der Waals surface area contributed by atoms with Crippen LogP contribution in [0.25, 0.3) is 0 Å². The molecule has 1 aliphatic rings. The number of benzene rings is 1. The monoisotopic (exact) mass is 224 g/mol. The van der Waals surface area contributed by atoms with E-state index in [1.807, 2.05) is 6.07 Å². The molecule has 0 saturated heterocycles. The lowest BCUT2D eigenvalue weighted by molar-refractivity contribution is 0.208. The normalized spacial score (nSPS) is 22.2. The molecule has 0 amide bonds. The van der Waals surface area contributed by atoms with Crippen LogP contribution < -0.4 is 0 Å². The molecule has 1 aromatic rings. The Morgan fingerprint density at radius 1 is 1.53 bits per heavy atom. The third-order valence-electron chi connectivity index (χ3n) is 3.44. The van der Waals surface area contributed by atoms with Gasteiger partial charge in [0.15, 0.2) is 0 Å². The molecule has 1 aliphatic carbocycles. The average molecular weight is 225 g/mol. The maximum atomic E-state index is 9.25. The summed E-state index contributed by atoms with van der Waals surface area (Å²) in [7, 11) is 0. The molecule has 1 aromatic carbocycles. The first-order valence-electron chi connectivity index (χ1n) is 5.61. The van der Waals surface area contributed by atoms with E-state index < -0.39 is 0 Å². The van der Waals surface area contributed by atoms with E-state index in [2.05, 4.69) is 19.1 Å². The number of aryl methyl sites for hydroxylation is 1. The molecule has 2 atom stereocenters. The Hall–Kier alpha value is -0.530. The molecule has 15 heavy (non-hydrogen) atoms. The van der Waals surface area contributed by atoms with Crippen molar-refractivity contribution in [2.45, 2.75) is 32.1 Å². The fourth-order valence-corrected chi connectivity index (χ4v) is 2.71. The highest BCUT2D eigenvalue weighted by Gasteiger charge is 2.24. The zero-order valence-corrected chi connectivity index (χ0v) is 9.80. The summed E-state index contributed by atoms with van der Waals surface area (Å²) in [6.45, 7) is 2.37. The average Bonchev–Trinajstić information content (AvgIpc) is 2.27. The van der Waals surface area contributed by atoms with Crippen LogP contribution in [0.4, 0.5) is 0 Å². The van der Waals surface area contributed by atoms with Gasteiger partial charge in [-0.2, -0.15) is 0 Å². The molecule has 0 fully saturated rings. The van der Waals surface area contributed by atoms with E-state index in [1.165, 1.54) is 24.0 Å². The lowest BCUT2D eigenvalue weighted by Gasteiger charge is -2.29. The van der Waals surface area contributed by atoms with Gasteiger partial charge in [0, 0.05) is 11.6 Å². The van der Waals surface area contributed by atoms with Crippen molar-refractivity contribution >= 4 is 11.6 Å². The topological polar surface area (TPSA) is 20.2 Å². The van der Waals surface area contributed by atoms with Gasteiger partial charge in [0.2, 0.25) is 0 Å². The summed E-state index contributed by atoms with van der Waals surface area (Å²) in [4.78, 5) is 0. The fraction of sp³-hybridized carbons (Fsp3) is 0.538. The van der Waals surface area contributed by atoms with Crippen LogP contribution in [-0.2, 0) is 6.42 Å². The summed E-state index contributed by atoms with van der Waals surface area (Å²) >= 11 is 6.03. The van der Waals surface area contributed by atoms with Gasteiger partial charge in [0.05, 0.1) is 0 Å². The van der Waals surface area contributed by atoms with Crippen molar-refractivity contribution in [3.05, 3.63) is 34.3 Å². The standard InChI is InChI=1S/C13H17ClO/c1-9(8-15)12-4-2-3-10-5-6-11(14)7-13(10)12/h5-7,9,12,15H,2-4,8H2,1H3. The van der Waals surface area contributed by atoms with E-state index in [4.69, 9.17) is 11.6 Å². The molecule has 0 saturated carbocycles. The summed E-state index contributed by atoms with van der Waals surface area (Å²) < 4.78 is 0. The predicted octanol–water partition coefficient (Wildman–Crippen LogP) is 3.39. The van der Waals surface area contributed by atoms with Crippen molar-refractivity contribution in [1.29, 1.82) is 0 Å². The van der Waals surface area contributed by atoms with Crippen molar-refractivity contribution in [2.75, 3.05) is 6.61 Å². The van der Waals surface area contributed by atoms with E-state index >= 15 is 0 Å². The summed E-state index contributed by atoms with van der Waals surface area (Å²) in [6.07, 6.45) is 3.56. The zero-order chi connectivity index (χ0) is 10.8. The molecule has 0 aliphatic heterocycles. The highest BCUT2D eigenvalue weighted by Crippen LogP contribution is 2.37. The van der Waals surface area contributed by atoms with Gasteiger partial charge in [-0.25, -0.2) is 0 Å². The fourth-order valence-electron chi connectivity index (χ4n) is 2.52. The third-order valence-corrected chi connectivity index (χ3v) is 3.68. The van der Waals surface area contributed by atoms with Crippen LogP contribution in [0.15, 0.2) is 18.2 Å². The second kappa shape index (κ2) is 4.54. The van der Waals surface area contributed by atoms with E-state index in [1.54, 1.807) is 0 Å². The van der Waals surface area contributed by atoms with Crippen molar-refractivity contribution < 1.29 is 5.11 Å². The minimum atomic E-state index is 0.261. The molecule has 82 valence electrons. The summed E-state index contributed by atoms with van der Waals surface area (Å²) in [5.41, 5.74) is 2.77. The first-order valence-corrected chi connectivity index (χ1v) is 5.99. The lowest BCUT2D eigenvalue weighted by Crippen LogP contribution is -2.19. The van der Waals surface area contributed by atoms with Crippen LogP contribution in [0.2, 0.25) is 5.02 Å². The predicted molar refractivity (Wildman–Crippen MR) is 63.4 cm³/mol. The first-order chi connectivity index (χ1) is 7.22. The van der Waals surface area contributed by atoms with Gasteiger partial charge in [-0.05, 0) is 54.4 Å². The van der Waals surface area contributed by atoms with Crippen molar-refractivity contribution in [2.24, 2.45) is 5.92 Å². The SMILES string of the molecule is CC(CO)C1CCCc2ccc(Cl)cc21. The molecule has 1 N–H and O–H groups in total. The molecule has 0 heterocycles. The molecule has 0 spiro atoms. The van der Waals surface area contributed by atoms with Gasteiger partial charge in [-0.3, -0.25) is 0 Å². The Morgan fingerprint density at radius 3 is 3.07 bits per heavy atom. The van der Waals surface area contributed by atoms with Crippen molar-refractivity contribution in [1.82, 2.24) is 0 Å². The van der Waals surface area contributed by atoms with Gasteiger partial charge in [0.25, 0.3) is 0 Å². The molecule has 1 nitrogen and oxygen atoms in total. The second-order valence-electron chi connectivity index (χ2n) is 4.50. The Kier molecular flexibility index (Phi) is 3.32. The maximum Gasteiger partial charge on any atom is 0.0462 e. The second-order valence-corrected chi connectivity index (χ2v) is 4.94. The molecule has 0 radical (unpaired) electrons. The van der Waals surface area contributed by atoms with Crippen LogP contribution in [0.1, 0.15) is 36.8 Å². The number of fused-ring (bicyclic) bond motifs is 1. The molecule has 0 aromatic heterocycles. The summed E-state index contributed by atoms with van der Waals surface area (Å²) in [5.74, 6) is 0.819. The van der Waals surface area contributed by atoms with Gasteiger partial charge in [-0.15, -0.1) is 0 Å². The van der Waals surface area contributed by atoms with Crippen LogP contribution in [-0.4, -0.2) is 11.7 Å². The number of rotatable bonds is 2. The van der Waals surface area contributed by atoms with E-state index in [0.717, 1.165) is 11.4 Å². The summed E-state index contributed by atoms with van der Waals surface area (Å²) in [6, 6.07) is 6.17. The third kappa shape index (κ3) is 2.19. The van der Waals surface area contributed by atoms with Crippen LogP contribution in [0, 0.1) is 5.92 Å². The minimum absolute atomic E-state index is 0.261. The van der Waals surface area contributed by atoms with E-state index in [9.17, 15) is 5.11 Å². The van der Waals surface area contributed by atoms with Gasteiger partial charge in [0.1, 0.15) is 0 Å². The minimum Gasteiger partial charge on any atom is -0.396 e. The smallest absolute Gasteiger partial charge is 0.0462 e. The highest BCUT2D eigenvalue weighted by molar-refractivity contribution is 6.30. The molecule has 2 heteroatoms. The Labute approximate surface area is 96.1 Å². The number of aliphatic hydroxyl groups excluding tert-OH is 1. The number of halogens is 1. The van der Waals surface area contributed by atoms with Crippen molar-refractivity contribution in [3.63, 3.8) is 0 Å². The Balaban J connectivity index is 2.36. The Morgan fingerprint density at radius 2 is 2.33 bits per heavy atom. The maximum absolute atomic E-state index is 9.25. The van der Waals surface area contributed by atoms with Crippen molar-refractivity contribution in [3.8, 4) is 0 Å². The van der Waals surface area contributed by atoms with Gasteiger partial charge < -0.3 is 5.11 Å². The largest absolute Gasteiger partial charge is 0.396 e. The van der Waals surface area contributed by atoms with Crippen LogP contribution in [0.5, 0.6) is 0 Å². The zero-order valence-electron chi connectivity index (χ0n) is 9.04. The van der Waals surface area contributed by atoms with Crippen LogP contribution >= 0.6 is 11.6 Å². The number of aliphatic hydroxyl groups is 1. The lowest BCUT2D eigenvalue weighted by atomic mass is 9.77. The van der Waals surface area contributed by atoms with Gasteiger partial charge in [-0.1, -0.05) is 24.6 Å². The first kappa shape index (κ1) is 11.0. The highest BCUT2D eigenvalue weighted by atomic mass is 35.5. The molecule has 2 unspecified atom stereocenters. The quantitative estimate of drug-likeness (QED) is 0.817. The van der Waals surface area contributed by atoms with E-state index in [0.29, 0.717) is 11.8 Å². The number of hydrogen-bond donors (Lipinski definition) is 1. The molecule has 0 bridgehead atoms. The van der Waals surface area contributed by atoms with Gasteiger partial charge >= 0.3 is 0 Å². The molecule has 2 rings (SSSR count). The molecular weight excluding hydrogens is 208 g/mol. The number of hydrogen-bond acceptors (Lipinski definition) is 1. The Bertz CT molecular complexity index is 348.